The van der Waals surface area contributed by atoms with Gasteiger partial charge in [0, 0.05) is 32.6 Å². The number of nitro groups is 1. The van der Waals surface area contributed by atoms with Crippen molar-refractivity contribution in [3.05, 3.63) is 34.4 Å². The van der Waals surface area contributed by atoms with Gasteiger partial charge in [-0.05, 0) is 12.1 Å². The summed E-state index contributed by atoms with van der Waals surface area (Å²) in [7, 11) is 4.44. The van der Waals surface area contributed by atoms with Crippen molar-refractivity contribution in [2.24, 2.45) is 0 Å². The summed E-state index contributed by atoms with van der Waals surface area (Å²) >= 11 is 0. The Labute approximate surface area is 132 Å². The summed E-state index contributed by atoms with van der Waals surface area (Å²) in [6, 6.07) is 4.83. The molecule has 1 aliphatic heterocycles. The predicted octanol–water partition coefficient (Wildman–Crippen LogP) is 0.735. The highest BCUT2D eigenvalue weighted by atomic mass is 16.7. The van der Waals surface area contributed by atoms with E-state index in [-0.39, 0.29) is 18.0 Å². The van der Waals surface area contributed by atoms with Gasteiger partial charge in [0.2, 0.25) is 5.91 Å². The number of ether oxygens (including phenoxy) is 1. The molecule has 9 heteroatoms. The van der Waals surface area contributed by atoms with Crippen LogP contribution in [0.1, 0.15) is 6.42 Å². The van der Waals surface area contributed by atoms with Crippen molar-refractivity contribution in [1.29, 1.82) is 0 Å². The molecule has 1 saturated heterocycles. The second kappa shape index (κ2) is 6.61. The summed E-state index contributed by atoms with van der Waals surface area (Å²) in [5, 5.41) is 12.0. The van der Waals surface area contributed by atoms with E-state index >= 15 is 0 Å². The highest BCUT2D eigenvalue weighted by Crippen LogP contribution is 2.30. The second-order valence-electron chi connectivity index (χ2n) is 5.20. The molecular formula is C14H17N3O6. The van der Waals surface area contributed by atoms with E-state index in [4.69, 9.17) is 4.84 Å². The van der Waals surface area contributed by atoms with Crippen molar-refractivity contribution in [2.45, 2.75) is 18.6 Å². The summed E-state index contributed by atoms with van der Waals surface area (Å²) in [6.07, 6.45) is -0.759. The van der Waals surface area contributed by atoms with E-state index < -0.39 is 23.0 Å². The zero-order valence-electron chi connectivity index (χ0n) is 13.0. The number of hydroxylamine groups is 1. The van der Waals surface area contributed by atoms with Crippen LogP contribution < -0.4 is 5.06 Å². The SMILES string of the molecule is COC(=O)C1CC(C(=O)N(C)C)N(c2ccc([N+](=O)[O-])cc2)O1. The van der Waals surface area contributed by atoms with Crippen molar-refractivity contribution in [3.8, 4) is 0 Å². The number of anilines is 1. The maximum absolute atomic E-state index is 12.3. The Morgan fingerprint density at radius 1 is 1.35 bits per heavy atom. The number of rotatable bonds is 4. The molecule has 1 aromatic rings. The standard InChI is InChI=1S/C14H17N3O6/c1-15(2)13(18)11-8-12(14(19)22-3)23-16(11)9-4-6-10(7-5-9)17(20)21/h4-7,11-12H,8H2,1-3H3. The Kier molecular flexibility index (Phi) is 4.80. The van der Waals surface area contributed by atoms with E-state index in [1.54, 1.807) is 14.1 Å². The number of likely N-dealkylation sites (N-methyl/N-ethyl adjacent to an activating group) is 1. The molecular weight excluding hydrogens is 306 g/mol. The van der Waals surface area contributed by atoms with Gasteiger partial charge in [0.05, 0.1) is 17.7 Å². The number of hydrogen-bond donors (Lipinski definition) is 0. The van der Waals surface area contributed by atoms with Gasteiger partial charge in [-0.25, -0.2) is 9.86 Å². The van der Waals surface area contributed by atoms with Crippen LogP contribution in [0.3, 0.4) is 0 Å². The van der Waals surface area contributed by atoms with Crippen molar-refractivity contribution in [3.63, 3.8) is 0 Å². The lowest BCUT2D eigenvalue weighted by Gasteiger charge is -2.25. The van der Waals surface area contributed by atoms with Gasteiger partial charge in [-0.2, -0.15) is 0 Å². The van der Waals surface area contributed by atoms with Crippen LogP contribution in [0.5, 0.6) is 0 Å². The number of amides is 1. The van der Waals surface area contributed by atoms with Crippen LogP contribution in [0.4, 0.5) is 11.4 Å². The van der Waals surface area contributed by atoms with Crippen LogP contribution in [0.2, 0.25) is 0 Å². The van der Waals surface area contributed by atoms with Crippen LogP contribution >= 0.6 is 0 Å². The quantitative estimate of drug-likeness (QED) is 0.457. The van der Waals surface area contributed by atoms with Crippen molar-refractivity contribution >= 4 is 23.3 Å². The molecule has 0 aromatic heterocycles. The minimum absolute atomic E-state index is 0.0760. The van der Waals surface area contributed by atoms with Gasteiger partial charge in [0.1, 0.15) is 6.04 Å². The van der Waals surface area contributed by atoms with Crippen LogP contribution in [0.15, 0.2) is 24.3 Å². The van der Waals surface area contributed by atoms with Crippen LogP contribution in [-0.4, -0.2) is 55.1 Å². The number of benzene rings is 1. The van der Waals surface area contributed by atoms with Crippen LogP contribution in [0.25, 0.3) is 0 Å². The lowest BCUT2D eigenvalue weighted by atomic mass is 10.1. The van der Waals surface area contributed by atoms with Gasteiger partial charge >= 0.3 is 5.97 Å². The minimum Gasteiger partial charge on any atom is -0.467 e. The fourth-order valence-corrected chi connectivity index (χ4v) is 2.28. The highest BCUT2D eigenvalue weighted by molar-refractivity contribution is 5.87. The van der Waals surface area contributed by atoms with Crippen molar-refractivity contribution in [2.75, 3.05) is 26.3 Å². The lowest BCUT2D eigenvalue weighted by Crippen LogP contribution is -2.42. The Hall–Kier alpha value is -2.68. The third-order valence-corrected chi connectivity index (χ3v) is 3.47. The van der Waals surface area contributed by atoms with Crippen LogP contribution in [0, 0.1) is 10.1 Å². The molecule has 0 radical (unpaired) electrons. The number of nitrogens with zero attached hydrogens (tertiary/aromatic N) is 3. The Morgan fingerprint density at radius 2 is 1.96 bits per heavy atom. The molecule has 0 spiro atoms. The molecule has 0 bridgehead atoms. The molecule has 1 aliphatic rings. The summed E-state index contributed by atoms with van der Waals surface area (Å²) in [4.78, 5) is 41.1. The number of nitro benzene ring substituents is 1. The maximum Gasteiger partial charge on any atom is 0.337 e. The van der Waals surface area contributed by atoms with Gasteiger partial charge in [-0.3, -0.25) is 19.7 Å². The first-order valence-electron chi connectivity index (χ1n) is 6.84. The minimum atomic E-state index is -0.899. The van der Waals surface area contributed by atoms with Crippen LogP contribution in [-0.2, 0) is 19.2 Å². The van der Waals surface area contributed by atoms with E-state index in [1.807, 2.05) is 0 Å². The number of carbonyl (C=O) groups is 2. The fraction of sp³-hybridized carbons (Fsp3) is 0.429. The molecule has 1 aromatic carbocycles. The van der Waals surface area contributed by atoms with Gasteiger partial charge in [-0.1, -0.05) is 0 Å². The molecule has 0 N–H and O–H groups in total. The molecule has 1 heterocycles. The average Bonchev–Trinajstić information content (AvgIpc) is 2.98. The van der Waals surface area contributed by atoms with E-state index in [1.165, 1.54) is 41.3 Å². The van der Waals surface area contributed by atoms with E-state index in [2.05, 4.69) is 4.74 Å². The number of carbonyl (C=O) groups excluding carboxylic acids is 2. The summed E-state index contributed by atoms with van der Waals surface area (Å²) in [5.41, 5.74) is 0.371. The number of hydrogen-bond acceptors (Lipinski definition) is 7. The first kappa shape index (κ1) is 16.7. The lowest BCUT2D eigenvalue weighted by molar-refractivity contribution is -0.384. The van der Waals surface area contributed by atoms with Gasteiger partial charge in [0.25, 0.3) is 5.69 Å². The molecule has 9 nitrogen and oxygen atoms in total. The van der Waals surface area contributed by atoms with E-state index in [9.17, 15) is 19.7 Å². The number of non-ortho nitro benzene ring substituents is 1. The summed E-state index contributed by atoms with van der Waals surface area (Å²) in [6.45, 7) is 0. The number of methoxy groups -OCH3 is 1. The summed E-state index contributed by atoms with van der Waals surface area (Å²) in [5.74, 6) is -0.819. The topological polar surface area (TPSA) is 102 Å². The molecule has 1 fully saturated rings. The zero-order chi connectivity index (χ0) is 17.1. The zero-order valence-corrected chi connectivity index (χ0v) is 13.0. The first-order valence-corrected chi connectivity index (χ1v) is 6.84. The molecule has 0 saturated carbocycles. The van der Waals surface area contributed by atoms with Crippen molar-refractivity contribution < 1.29 is 24.1 Å². The van der Waals surface area contributed by atoms with Crippen molar-refractivity contribution in [1.82, 2.24) is 4.90 Å². The van der Waals surface area contributed by atoms with E-state index in [0.29, 0.717) is 5.69 Å². The Morgan fingerprint density at radius 3 is 2.43 bits per heavy atom. The highest BCUT2D eigenvalue weighted by Gasteiger charge is 2.43. The molecule has 0 aliphatic carbocycles. The predicted molar refractivity (Wildman–Crippen MR) is 79.6 cm³/mol. The third-order valence-electron chi connectivity index (χ3n) is 3.47. The molecule has 23 heavy (non-hydrogen) atoms. The summed E-state index contributed by atoms with van der Waals surface area (Å²) < 4.78 is 4.65. The smallest absolute Gasteiger partial charge is 0.337 e. The molecule has 124 valence electrons. The van der Waals surface area contributed by atoms with Gasteiger partial charge in [-0.15, -0.1) is 0 Å². The molecule has 2 atom stereocenters. The largest absolute Gasteiger partial charge is 0.467 e. The normalized spacial score (nSPS) is 20.2. The second-order valence-corrected chi connectivity index (χ2v) is 5.20. The van der Waals surface area contributed by atoms with Gasteiger partial charge in [0.15, 0.2) is 6.10 Å². The Bertz CT molecular complexity index is 615. The monoisotopic (exact) mass is 323 g/mol. The third kappa shape index (κ3) is 3.39. The molecule has 2 unspecified atom stereocenters. The average molecular weight is 323 g/mol. The Balaban J connectivity index is 2.29. The first-order chi connectivity index (χ1) is 10.8. The fourth-order valence-electron chi connectivity index (χ4n) is 2.28. The van der Waals surface area contributed by atoms with Gasteiger partial charge < -0.3 is 9.64 Å². The molecule has 1 amide bonds. The maximum atomic E-state index is 12.3. The molecule has 2 rings (SSSR count). The van der Waals surface area contributed by atoms with E-state index in [0.717, 1.165) is 0 Å². The number of esters is 1.